The Labute approximate surface area is 179 Å². The Balaban J connectivity index is 0.00000261. The summed E-state index contributed by atoms with van der Waals surface area (Å²) in [6.07, 6.45) is 4.00. The molecule has 27 heavy (non-hydrogen) atoms. The van der Waals surface area contributed by atoms with E-state index in [1.807, 2.05) is 19.1 Å². The van der Waals surface area contributed by atoms with Crippen molar-refractivity contribution in [3.05, 3.63) is 29.8 Å². The highest BCUT2D eigenvalue weighted by atomic mass is 127. The number of fused-ring (bicyclic) bond motifs is 2. The second kappa shape index (κ2) is 9.53. The van der Waals surface area contributed by atoms with Crippen LogP contribution in [-0.4, -0.2) is 57.6 Å². The number of nitrogens with zero attached hydrogens (tertiary/aromatic N) is 2. The van der Waals surface area contributed by atoms with Crippen molar-refractivity contribution < 1.29 is 13.2 Å². The van der Waals surface area contributed by atoms with Crippen LogP contribution in [0.25, 0.3) is 0 Å². The number of hydrogen-bond donors (Lipinski definition) is 2. The lowest BCUT2D eigenvalue weighted by atomic mass is 9.96. The van der Waals surface area contributed by atoms with Crippen LogP contribution in [0.5, 0.6) is 0 Å². The number of guanidine groups is 1. The summed E-state index contributed by atoms with van der Waals surface area (Å²) in [4.78, 5) is 4.93. The highest BCUT2D eigenvalue weighted by molar-refractivity contribution is 14.0. The molecular formula is C18H29IN4O3S. The zero-order chi connectivity index (χ0) is 18.7. The molecule has 3 unspecified atom stereocenters. The van der Waals surface area contributed by atoms with Gasteiger partial charge in [0.25, 0.3) is 0 Å². The summed E-state index contributed by atoms with van der Waals surface area (Å²) in [5.41, 5.74) is 0.962. The molecule has 2 N–H and O–H groups in total. The molecule has 0 spiro atoms. The van der Waals surface area contributed by atoms with Gasteiger partial charge in [0.15, 0.2) is 5.96 Å². The maximum absolute atomic E-state index is 12.1. The predicted octanol–water partition coefficient (Wildman–Crippen LogP) is 1.93. The Hall–Kier alpha value is -0.910. The number of rotatable bonds is 6. The van der Waals surface area contributed by atoms with Gasteiger partial charge < -0.3 is 15.4 Å². The van der Waals surface area contributed by atoms with E-state index in [-0.39, 0.29) is 24.0 Å². The molecule has 0 aromatic heterocycles. The van der Waals surface area contributed by atoms with Gasteiger partial charge >= 0.3 is 0 Å². The monoisotopic (exact) mass is 508 g/mol. The van der Waals surface area contributed by atoms with E-state index in [1.54, 1.807) is 12.1 Å². The van der Waals surface area contributed by atoms with Gasteiger partial charge in [-0.05, 0) is 43.9 Å². The highest BCUT2D eigenvalue weighted by Crippen LogP contribution is 2.34. The first-order valence-corrected chi connectivity index (χ1v) is 10.6. The summed E-state index contributed by atoms with van der Waals surface area (Å²) >= 11 is 0. The van der Waals surface area contributed by atoms with Gasteiger partial charge in [0.05, 0.1) is 29.7 Å². The summed E-state index contributed by atoms with van der Waals surface area (Å²) in [7, 11) is -0.337. The lowest BCUT2D eigenvalue weighted by molar-refractivity contribution is 0.0992. The fourth-order valence-corrected chi connectivity index (χ4v) is 4.34. The molecule has 152 valence electrons. The number of nitrogens with one attached hydrogen (secondary N) is 2. The first-order valence-electron chi connectivity index (χ1n) is 9.12. The molecule has 0 saturated carbocycles. The van der Waals surface area contributed by atoms with Crippen LogP contribution < -0.4 is 10.6 Å². The van der Waals surface area contributed by atoms with E-state index in [1.165, 1.54) is 24.8 Å². The number of benzene rings is 1. The molecule has 2 bridgehead atoms. The third-order valence-corrected chi connectivity index (χ3v) is 6.72. The van der Waals surface area contributed by atoms with Crippen LogP contribution in [-0.2, 0) is 21.3 Å². The number of halogens is 1. The summed E-state index contributed by atoms with van der Waals surface area (Å²) in [5, 5.41) is 6.75. The molecule has 2 saturated heterocycles. The van der Waals surface area contributed by atoms with Gasteiger partial charge in [-0.3, -0.25) is 0 Å². The van der Waals surface area contributed by atoms with Crippen molar-refractivity contribution in [3.8, 4) is 0 Å². The van der Waals surface area contributed by atoms with Crippen LogP contribution in [0.15, 0.2) is 34.2 Å². The minimum Gasteiger partial charge on any atom is -0.373 e. The van der Waals surface area contributed by atoms with Gasteiger partial charge in [0.1, 0.15) is 0 Å². The van der Waals surface area contributed by atoms with E-state index >= 15 is 0 Å². The Morgan fingerprint density at radius 1 is 1.26 bits per heavy atom. The van der Waals surface area contributed by atoms with Crippen molar-refractivity contribution in [1.82, 2.24) is 14.9 Å². The van der Waals surface area contributed by atoms with Crippen molar-refractivity contribution in [2.45, 2.75) is 55.9 Å². The zero-order valence-electron chi connectivity index (χ0n) is 16.0. The van der Waals surface area contributed by atoms with Crippen molar-refractivity contribution in [1.29, 1.82) is 0 Å². The van der Waals surface area contributed by atoms with Gasteiger partial charge in [-0.2, -0.15) is 0 Å². The van der Waals surface area contributed by atoms with E-state index in [0.717, 1.165) is 30.9 Å². The second-order valence-corrected chi connectivity index (χ2v) is 9.14. The Morgan fingerprint density at radius 3 is 2.48 bits per heavy atom. The lowest BCUT2D eigenvalue weighted by Gasteiger charge is -2.22. The van der Waals surface area contributed by atoms with Crippen LogP contribution in [0, 0.1) is 0 Å². The van der Waals surface area contributed by atoms with Gasteiger partial charge in [0.2, 0.25) is 10.0 Å². The molecule has 3 rings (SSSR count). The number of ether oxygens (including phenoxy) is 1. The van der Waals surface area contributed by atoms with Gasteiger partial charge in [-0.15, -0.1) is 24.0 Å². The standard InChI is InChI=1S/C18H28N4O3S.HI/c1-4-19-18(21-16-11-14-7-10-17(16)25-14)20-12-13-5-8-15(9-6-13)26(23,24)22(2)3;/h5-6,8-9,14,16-17H,4,7,10-12H2,1-3H3,(H2,19,20,21);1H. The molecule has 0 radical (unpaired) electrons. The quantitative estimate of drug-likeness (QED) is 0.349. The van der Waals surface area contributed by atoms with E-state index in [2.05, 4.69) is 15.6 Å². The van der Waals surface area contributed by atoms with Gasteiger partial charge in [-0.1, -0.05) is 12.1 Å². The van der Waals surface area contributed by atoms with Crippen molar-refractivity contribution in [2.24, 2.45) is 4.99 Å². The smallest absolute Gasteiger partial charge is 0.242 e. The van der Waals surface area contributed by atoms with E-state index < -0.39 is 10.0 Å². The highest BCUT2D eigenvalue weighted by Gasteiger charge is 2.41. The topological polar surface area (TPSA) is 83.0 Å². The fraction of sp³-hybridized carbons (Fsp3) is 0.611. The Kier molecular flexibility index (Phi) is 7.90. The van der Waals surface area contributed by atoms with Crippen LogP contribution in [0.4, 0.5) is 0 Å². The van der Waals surface area contributed by atoms with E-state index in [9.17, 15) is 8.42 Å². The second-order valence-electron chi connectivity index (χ2n) is 6.99. The lowest BCUT2D eigenvalue weighted by Crippen LogP contribution is -2.47. The normalized spacial score (nSPS) is 24.7. The maximum Gasteiger partial charge on any atom is 0.242 e. The Morgan fingerprint density at radius 2 is 1.96 bits per heavy atom. The van der Waals surface area contributed by atoms with E-state index in [4.69, 9.17) is 4.74 Å². The largest absolute Gasteiger partial charge is 0.373 e. The molecule has 0 amide bonds. The number of sulfonamides is 1. The number of aliphatic imine (C=N–C) groups is 1. The zero-order valence-corrected chi connectivity index (χ0v) is 19.2. The first-order chi connectivity index (χ1) is 12.4. The molecule has 2 aliphatic heterocycles. The average molecular weight is 508 g/mol. The average Bonchev–Trinajstić information content (AvgIpc) is 3.23. The molecule has 7 nitrogen and oxygen atoms in total. The summed E-state index contributed by atoms with van der Waals surface area (Å²) in [6.45, 7) is 3.31. The van der Waals surface area contributed by atoms with Crippen molar-refractivity contribution in [3.63, 3.8) is 0 Å². The molecule has 3 atom stereocenters. The van der Waals surface area contributed by atoms with Gasteiger partial charge in [0, 0.05) is 20.6 Å². The molecule has 0 aliphatic carbocycles. The fourth-order valence-electron chi connectivity index (χ4n) is 3.43. The third kappa shape index (κ3) is 5.33. The third-order valence-electron chi connectivity index (χ3n) is 4.89. The predicted molar refractivity (Wildman–Crippen MR) is 117 cm³/mol. The van der Waals surface area contributed by atoms with Crippen LogP contribution in [0.3, 0.4) is 0 Å². The number of hydrogen-bond acceptors (Lipinski definition) is 4. The van der Waals surface area contributed by atoms with Gasteiger partial charge in [-0.25, -0.2) is 17.7 Å². The van der Waals surface area contributed by atoms with Crippen LogP contribution >= 0.6 is 24.0 Å². The minimum absolute atomic E-state index is 0. The van der Waals surface area contributed by atoms with E-state index in [0.29, 0.717) is 29.7 Å². The maximum atomic E-state index is 12.1. The molecule has 2 heterocycles. The van der Waals surface area contributed by atoms with Crippen LogP contribution in [0.2, 0.25) is 0 Å². The van der Waals surface area contributed by atoms with Crippen LogP contribution in [0.1, 0.15) is 31.7 Å². The first kappa shape index (κ1) is 22.4. The molecule has 1 aromatic carbocycles. The molecule has 9 heteroatoms. The SMILES string of the molecule is CCNC(=NCc1ccc(S(=O)(=O)N(C)C)cc1)NC1CC2CCC1O2.I. The van der Waals surface area contributed by atoms with Crippen molar-refractivity contribution in [2.75, 3.05) is 20.6 Å². The van der Waals surface area contributed by atoms with Crippen molar-refractivity contribution >= 4 is 40.0 Å². The Bertz CT molecular complexity index is 752. The minimum atomic E-state index is -3.40. The molecule has 2 fully saturated rings. The summed E-state index contributed by atoms with van der Waals surface area (Å²) in [6, 6.07) is 7.20. The summed E-state index contributed by atoms with van der Waals surface area (Å²) < 4.78 is 31.3. The summed E-state index contributed by atoms with van der Waals surface area (Å²) in [5.74, 6) is 0.777. The molecular weight excluding hydrogens is 479 g/mol. The molecule has 1 aromatic rings. The molecule has 2 aliphatic rings.